The number of hydrogen-bond acceptors (Lipinski definition) is 0. The molecular weight excluding hydrogens is 80.2 g/mol. The first-order valence-electron chi connectivity index (χ1n) is 0.911. The Kier molecular flexibility index (Phi) is 3.31. The van der Waals surface area contributed by atoms with Crippen LogP contribution in [0.2, 0.25) is 0 Å². The van der Waals surface area contributed by atoms with Gasteiger partial charge in [-0.15, -0.1) is 11.4 Å². The highest BCUT2D eigenvalue weighted by Gasteiger charge is 1.36. The third-order valence-corrected chi connectivity index (χ3v) is 0.750. The van der Waals surface area contributed by atoms with Crippen molar-refractivity contribution in [1.82, 2.24) is 0 Å². The van der Waals surface area contributed by atoms with Gasteiger partial charge >= 0.3 is 0 Å². The zero-order valence-corrected chi connectivity index (χ0v) is 4.15. The summed E-state index contributed by atoms with van der Waals surface area (Å²) in [6.45, 7) is 0. The maximum Gasteiger partial charge on any atom is 0.0590 e. The van der Waals surface area contributed by atoms with E-state index in [0.717, 1.165) is 0 Å². The average Bonchev–Trinajstić information content (AvgIpc) is 1.37. The molecule has 0 atom stereocenters. The van der Waals surface area contributed by atoms with E-state index in [2.05, 4.69) is 20.5 Å². The molecule has 0 aliphatic carbocycles. The Morgan fingerprint density at radius 1 is 1.00 bits per heavy atom. The molecule has 0 aromatic carbocycles. The molecule has 2 heteroatoms. The lowest BCUT2D eigenvalue weighted by Gasteiger charge is -1.47. The number of rotatable bonds is 0. The second kappa shape index (κ2) is 3.17. The molecule has 0 aliphatic rings. The van der Waals surface area contributed by atoms with Gasteiger partial charge < -0.3 is 0 Å². The molecule has 0 amide bonds. The van der Waals surface area contributed by atoms with Crippen molar-refractivity contribution in [2.24, 2.45) is 0 Å². The second-order valence-corrected chi connectivity index (χ2v) is 1.00. The van der Waals surface area contributed by atoms with Crippen LogP contribution in [0.25, 0.3) is 0 Å². The van der Waals surface area contributed by atoms with E-state index in [4.69, 9.17) is 0 Å². The van der Waals surface area contributed by atoms with Crippen LogP contribution >= 0.6 is 0 Å². The predicted molar refractivity (Wildman–Crippen MR) is 20.6 cm³/mol. The molecule has 0 heterocycles. The largest absolute Gasteiger partial charge is 0.110 e. The van der Waals surface area contributed by atoms with Crippen LogP contribution in [-0.2, 0) is 0 Å². The molecule has 6 radical (unpaired) electrons. The maximum absolute atomic E-state index is 3.06. The van der Waals surface area contributed by atoms with Crippen LogP contribution in [0.15, 0.2) is 11.4 Å². The summed E-state index contributed by atoms with van der Waals surface area (Å²) in [7, 11) is 6.12. The summed E-state index contributed by atoms with van der Waals surface area (Å²) in [6.07, 6.45) is 0. The first-order valence-corrected chi connectivity index (χ1v) is 2.07. The van der Waals surface area contributed by atoms with Gasteiger partial charge in [-0.1, -0.05) is 0 Å². The minimum Gasteiger partial charge on any atom is -0.110 e. The lowest BCUT2D eigenvalue weighted by molar-refractivity contribution is 2.50. The highest BCUT2D eigenvalue weighted by molar-refractivity contribution is 6.25. The summed E-state index contributed by atoms with van der Waals surface area (Å²) in [5.74, 6) is 0. The van der Waals surface area contributed by atoms with Crippen LogP contribution in [-0.4, -0.2) is 20.5 Å². The third kappa shape index (κ3) is 2.17. The molecule has 0 aromatic rings. The Bertz CT molecular complexity index is 19.2. The van der Waals surface area contributed by atoms with Crippen LogP contribution in [0.5, 0.6) is 0 Å². The Hall–Kier alpha value is 0.174. The summed E-state index contributed by atoms with van der Waals surface area (Å²) < 4.78 is 0. The fourth-order valence-electron chi connectivity index (χ4n) is 0. The average molecular weight is 82.2 g/mol. The van der Waals surface area contributed by atoms with E-state index in [0.29, 0.717) is 0 Å². The van der Waals surface area contributed by atoms with Gasteiger partial charge in [0.15, 0.2) is 0 Å². The van der Waals surface area contributed by atoms with Crippen molar-refractivity contribution in [2.75, 3.05) is 0 Å². The van der Waals surface area contributed by atoms with E-state index in [1.807, 2.05) is 0 Å². The lowest BCUT2D eigenvalue weighted by atomic mass is 11.2. The zero-order chi connectivity index (χ0) is 3.41. The third-order valence-electron chi connectivity index (χ3n) is 0.0833. The SMILES string of the molecule is [Si]/C=C/[Si]. The van der Waals surface area contributed by atoms with Gasteiger partial charge in [0.1, 0.15) is 0 Å². The molecule has 0 bridgehead atoms. The van der Waals surface area contributed by atoms with Crippen LogP contribution in [0.1, 0.15) is 0 Å². The molecule has 0 saturated carbocycles. The topological polar surface area (TPSA) is 0 Å². The smallest absolute Gasteiger partial charge is 0.0590 e. The highest BCUT2D eigenvalue weighted by Crippen LogP contribution is 1.42. The van der Waals surface area contributed by atoms with Gasteiger partial charge in [0.25, 0.3) is 0 Å². The summed E-state index contributed by atoms with van der Waals surface area (Å²) in [4.78, 5) is 0. The van der Waals surface area contributed by atoms with E-state index in [-0.39, 0.29) is 0 Å². The van der Waals surface area contributed by atoms with Crippen LogP contribution < -0.4 is 0 Å². The van der Waals surface area contributed by atoms with Crippen LogP contribution in [0, 0.1) is 0 Å². The fraction of sp³-hybridized carbons (Fsp3) is 0. The molecule has 0 fully saturated rings. The Morgan fingerprint density at radius 3 is 1.25 bits per heavy atom. The van der Waals surface area contributed by atoms with Crippen molar-refractivity contribution < 1.29 is 0 Å². The van der Waals surface area contributed by atoms with Gasteiger partial charge in [0.05, 0.1) is 20.5 Å². The van der Waals surface area contributed by atoms with E-state index in [1.165, 1.54) is 0 Å². The molecule has 0 saturated heterocycles. The van der Waals surface area contributed by atoms with Crippen molar-refractivity contribution in [3.05, 3.63) is 11.4 Å². The predicted octanol–water partition coefficient (Wildman–Crippen LogP) is -0.205. The maximum atomic E-state index is 3.06. The van der Waals surface area contributed by atoms with Gasteiger partial charge in [0.2, 0.25) is 0 Å². The first kappa shape index (κ1) is 4.17. The summed E-state index contributed by atoms with van der Waals surface area (Å²) in [6, 6.07) is 0. The van der Waals surface area contributed by atoms with Gasteiger partial charge in [-0.2, -0.15) is 0 Å². The standard InChI is InChI=1S/C2H2Si2/c3-1-2-4/h1-2H/b2-1+. The molecule has 0 aromatic heterocycles. The quantitative estimate of drug-likeness (QED) is 0.355. The molecule has 0 nitrogen and oxygen atoms in total. The van der Waals surface area contributed by atoms with Gasteiger partial charge in [-0.25, -0.2) is 0 Å². The molecular formula is C2H2Si2. The molecule has 0 aliphatic heterocycles. The minimum atomic E-state index is 1.72. The van der Waals surface area contributed by atoms with Crippen LogP contribution in [0.4, 0.5) is 0 Å². The number of hydrogen-bond donors (Lipinski definition) is 0. The van der Waals surface area contributed by atoms with E-state index in [1.54, 1.807) is 11.4 Å². The monoisotopic (exact) mass is 82.0 g/mol. The van der Waals surface area contributed by atoms with Gasteiger partial charge in [0, 0.05) is 0 Å². The summed E-state index contributed by atoms with van der Waals surface area (Å²) in [5.41, 5.74) is 3.44. The van der Waals surface area contributed by atoms with Crippen LogP contribution in [0.3, 0.4) is 0 Å². The van der Waals surface area contributed by atoms with E-state index < -0.39 is 0 Å². The van der Waals surface area contributed by atoms with Crippen molar-refractivity contribution in [1.29, 1.82) is 0 Å². The Balaban J connectivity index is 2.55. The minimum absolute atomic E-state index is 1.72. The van der Waals surface area contributed by atoms with Gasteiger partial charge in [-0.3, -0.25) is 0 Å². The molecule has 18 valence electrons. The van der Waals surface area contributed by atoms with E-state index in [9.17, 15) is 0 Å². The van der Waals surface area contributed by atoms with Crippen molar-refractivity contribution in [2.45, 2.75) is 0 Å². The first-order chi connectivity index (χ1) is 1.91. The molecule has 0 spiro atoms. The normalized spacial score (nSPS) is 9.50. The molecule has 0 unspecified atom stereocenters. The molecule has 4 heavy (non-hydrogen) atoms. The Morgan fingerprint density at radius 2 is 1.25 bits per heavy atom. The van der Waals surface area contributed by atoms with Crippen molar-refractivity contribution in [3.8, 4) is 0 Å². The highest BCUT2D eigenvalue weighted by atomic mass is 28.2. The zero-order valence-electron chi connectivity index (χ0n) is 2.15. The second-order valence-electron chi connectivity index (χ2n) is 0.333. The molecule has 0 N–H and O–H groups in total. The van der Waals surface area contributed by atoms with Crippen molar-refractivity contribution in [3.63, 3.8) is 0 Å². The summed E-state index contributed by atoms with van der Waals surface area (Å²) >= 11 is 0. The summed E-state index contributed by atoms with van der Waals surface area (Å²) in [5, 5.41) is 0. The Labute approximate surface area is 32.8 Å². The molecule has 0 rings (SSSR count). The lowest BCUT2D eigenvalue weighted by Crippen LogP contribution is -1.47. The van der Waals surface area contributed by atoms with Gasteiger partial charge in [-0.05, 0) is 0 Å². The van der Waals surface area contributed by atoms with Crippen molar-refractivity contribution >= 4 is 20.5 Å². The fourth-order valence-corrected chi connectivity index (χ4v) is 0. The van der Waals surface area contributed by atoms with E-state index >= 15 is 0 Å².